The standard InChI is InChI=1S/C22H43NO6S/c1-5-7-11-16-22(4,29-20(3)24)17-12-14-19-30(26,27)23-18-13-9-8-10-15-21(25)28-6-2/h23H,5-19H2,1-4H3. The SMILES string of the molecule is CCCCCC(C)(CCCCS(=O)(=O)NCCCCCCC(=O)OCC)OC(C)=O. The van der Waals surface area contributed by atoms with Crippen LogP contribution in [-0.4, -0.2) is 44.9 Å². The summed E-state index contributed by atoms with van der Waals surface area (Å²) in [6.07, 6.45) is 9.62. The van der Waals surface area contributed by atoms with Gasteiger partial charge in [0.05, 0.1) is 12.4 Å². The van der Waals surface area contributed by atoms with Crippen LogP contribution in [0, 0.1) is 0 Å². The second-order valence-electron chi connectivity index (χ2n) is 8.14. The smallest absolute Gasteiger partial charge is 0.305 e. The molecule has 0 spiro atoms. The van der Waals surface area contributed by atoms with Gasteiger partial charge in [-0.05, 0) is 58.8 Å². The summed E-state index contributed by atoms with van der Waals surface area (Å²) in [7, 11) is -3.29. The molecule has 0 amide bonds. The zero-order valence-electron chi connectivity index (χ0n) is 19.5. The molecule has 0 saturated heterocycles. The van der Waals surface area contributed by atoms with E-state index in [0.29, 0.717) is 38.8 Å². The molecule has 0 fully saturated rings. The molecule has 0 aliphatic carbocycles. The Labute approximate surface area is 183 Å². The van der Waals surface area contributed by atoms with Crippen LogP contribution in [0.15, 0.2) is 0 Å². The molecule has 1 N–H and O–H groups in total. The number of ether oxygens (including phenoxy) is 2. The Morgan fingerprint density at radius 2 is 1.53 bits per heavy atom. The van der Waals surface area contributed by atoms with E-state index in [1.165, 1.54) is 6.92 Å². The lowest BCUT2D eigenvalue weighted by Gasteiger charge is -2.29. The van der Waals surface area contributed by atoms with E-state index in [0.717, 1.165) is 51.4 Å². The summed E-state index contributed by atoms with van der Waals surface area (Å²) in [5.74, 6) is -0.375. The average molecular weight is 450 g/mol. The highest BCUT2D eigenvalue weighted by Crippen LogP contribution is 2.26. The molecule has 0 heterocycles. The number of sulfonamides is 1. The lowest BCUT2D eigenvalue weighted by Crippen LogP contribution is -2.31. The monoisotopic (exact) mass is 449 g/mol. The van der Waals surface area contributed by atoms with Crippen LogP contribution in [0.25, 0.3) is 0 Å². The lowest BCUT2D eigenvalue weighted by atomic mass is 9.92. The Hall–Kier alpha value is -1.15. The molecule has 0 aromatic heterocycles. The minimum Gasteiger partial charge on any atom is -0.466 e. The number of nitrogens with one attached hydrogen (secondary N) is 1. The normalized spacial score (nSPS) is 13.6. The minimum absolute atomic E-state index is 0.0843. The van der Waals surface area contributed by atoms with Gasteiger partial charge in [-0.15, -0.1) is 0 Å². The predicted octanol–water partition coefficient (Wildman–Crippen LogP) is 4.49. The van der Waals surface area contributed by atoms with Crippen LogP contribution >= 0.6 is 0 Å². The molecule has 0 aromatic rings. The van der Waals surface area contributed by atoms with Gasteiger partial charge in [-0.3, -0.25) is 9.59 Å². The third-order valence-corrected chi connectivity index (χ3v) is 6.47. The van der Waals surface area contributed by atoms with E-state index in [9.17, 15) is 18.0 Å². The van der Waals surface area contributed by atoms with Gasteiger partial charge in [0.25, 0.3) is 0 Å². The van der Waals surface area contributed by atoms with Gasteiger partial charge in [-0.25, -0.2) is 13.1 Å². The maximum Gasteiger partial charge on any atom is 0.305 e. The first kappa shape index (κ1) is 28.9. The van der Waals surface area contributed by atoms with E-state index in [1.807, 2.05) is 6.92 Å². The minimum atomic E-state index is -3.29. The Morgan fingerprint density at radius 1 is 0.900 bits per heavy atom. The van der Waals surface area contributed by atoms with E-state index in [1.54, 1.807) is 6.92 Å². The zero-order valence-corrected chi connectivity index (χ0v) is 20.3. The largest absolute Gasteiger partial charge is 0.466 e. The zero-order chi connectivity index (χ0) is 22.9. The summed E-state index contributed by atoms with van der Waals surface area (Å²) < 4.78 is 37.3. The highest BCUT2D eigenvalue weighted by atomic mass is 32.2. The summed E-state index contributed by atoms with van der Waals surface area (Å²) in [5, 5.41) is 0. The molecular weight excluding hydrogens is 406 g/mol. The van der Waals surface area contributed by atoms with E-state index in [2.05, 4.69) is 11.6 Å². The van der Waals surface area contributed by atoms with Crippen molar-refractivity contribution in [3.63, 3.8) is 0 Å². The van der Waals surface area contributed by atoms with Crippen LogP contribution in [0.4, 0.5) is 0 Å². The Bertz CT molecular complexity index is 578. The number of esters is 2. The van der Waals surface area contributed by atoms with E-state index < -0.39 is 15.6 Å². The summed E-state index contributed by atoms with van der Waals surface area (Å²) in [5.41, 5.74) is -0.512. The third kappa shape index (κ3) is 16.6. The highest BCUT2D eigenvalue weighted by molar-refractivity contribution is 7.89. The van der Waals surface area contributed by atoms with Gasteiger partial charge in [0.2, 0.25) is 10.0 Å². The van der Waals surface area contributed by atoms with Gasteiger partial charge in [0.1, 0.15) is 5.60 Å². The number of unbranched alkanes of at least 4 members (excludes halogenated alkanes) is 6. The van der Waals surface area contributed by atoms with Crippen LogP contribution in [0.3, 0.4) is 0 Å². The fraction of sp³-hybridized carbons (Fsp3) is 0.909. The van der Waals surface area contributed by atoms with Crippen molar-refractivity contribution in [1.29, 1.82) is 0 Å². The Balaban J connectivity index is 4.01. The molecule has 7 nitrogen and oxygen atoms in total. The van der Waals surface area contributed by atoms with Crippen LogP contribution in [0.2, 0.25) is 0 Å². The lowest BCUT2D eigenvalue weighted by molar-refractivity contribution is -0.157. The maximum absolute atomic E-state index is 12.1. The first-order valence-electron chi connectivity index (χ1n) is 11.5. The molecular formula is C22H43NO6S. The number of hydrogen-bond donors (Lipinski definition) is 1. The summed E-state index contributed by atoms with van der Waals surface area (Å²) in [6.45, 7) is 8.11. The molecule has 0 aliphatic rings. The number of carbonyl (C=O) groups excluding carboxylic acids is 2. The predicted molar refractivity (Wildman–Crippen MR) is 120 cm³/mol. The Morgan fingerprint density at radius 3 is 2.13 bits per heavy atom. The van der Waals surface area contributed by atoms with Crippen molar-refractivity contribution in [3.05, 3.63) is 0 Å². The second-order valence-corrected chi connectivity index (χ2v) is 10.1. The maximum atomic E-state index is 12.1. The first-order valence-corrected chi connectivity index (χ1v) is 13.1. The average Bonchev–Trinajstić information content (AvgIpc) is 2.64. The van der Waals surface area contributed by atoms with Crippen molar-refractivity contribution in [3.8, 4) is 0 Å². The molecule has 0 aliphatic heterocycles. The van der Waals surface area contributed by atoms with E-state index in [-0.39, 0.29) is 17.7 Å². The first-order chi connectivity index (χ1) is 14.1. The third-order valence-electron chi connectivity index (χ3n) is 5.00. The molecule has 1 unspecified atom stereocenters. The van der Waals surface area contributed by atoms with Gasteiger partial charge < -0.3 is 9.47 Å². The van der Waals surface area contributed by atoms with Crippen LogP contribution in [-0.2, 0) is 29.1 Å². The fourth-order valence-corrected chi connectivity index (χ4v) is 4.58. The molecule has 0 radical (unpaired) electrons. The van der Waals surface area contributed by atoms with Gasteiger partial charge in [-0.1, -0.05) is 32.6 Å². The van der Waals surface area contributed by atoms with Gasteiger partial charge in [0.15, 0.2) is 0 Å². The molecule has 178 valence electrons. The molecule has 8 heteroatoms. The molecule has 0 saturated carbocycles. The van der Waals surface area contributed by atoms with Crippen LogP contribution in [0.5, 0.6) is 0 Å². The number of hydrogen-bond acceptors (Lipinski definition) is 6. The van der Waals surface area contributed by atoms with Crippen molar-refractivity contribution in [2.24, 2.45) is 0 Å². The summed E-state index contributed by atoms with van der Waals surface area (Å²) in [4.78, 5) is 22.6. The molecule has 0 bridgehead atoms. The molecule has 30 heavy (non-hydrogen) atoms. The van der Waals surface area contributed by atoms with Crippen LogP contribution < -0.4 is 4.72 Å². The molecule has 0 rings (SSSR count). The van der Waals surface area contributed by atoms with Crippen molar-refractivity contribution in [2.75, 3.05) is 18.9 Å². The van der Waals surface area contributed by atoms with Crippen molar-refractivity contribution < 1.29 is 27.5 Å². The van der Waals surface area contributed by atoms with E-state index in [4.69, 9.17) is 9.47 Å². The topological polar surface area (TPSA) is 98.8 Å². The quantitative estimate of drug-likeness (QED) is 0.230. The van der Waals surface area contributed by atoms with Gasteiger partial charge in [-0.2, -0.15) is 0 Å². The highest BCUT2D eigenvalue weighted by Gasteiger charge is 2.26. The Kier molecular flexibility index (Phi) is 15.9. The molecule has 0 aromatic carbocycles. The van der Waals surface area contributed by atoms with Gasteiger partial charge in [0, 0.05) is 19.9 Å². The summed E-state index contributed by atoms with van der Waals surface area (Å²) >= 11 is 0. The molecule has 1 atom stereocenters. The summed E-state index contributed by atoms with van der Waals surface area (Å²) in [6, 6.07) is 0. The van der Waals surface area contributed by atoms with Crippen molar-refractivity contribution in [1.82, 2.24) is 4.72 Å². The van der Waals surface area contributed by atoms with Crippen LogP contribution in [0.1, 0.15) is 105 Å². The van der Waals surface area contributed by atoms with Crippen molar-refractivity contribution >= 4 is 22.0 Å². The fourth-order valence-electron chi connectivity index (χ4n) is 3.39. The van der Waals surface area contributed by atoms with Crippen molar-refractivity contribution in [2.45, 2.75) is 110 Å². The van der Waals surface area contributed by atoms with Gasteiger partial charge >= 0.3 is 11.9 Å². The number of rotatable bonds is 19. The second kappa shape index (κ2) is 16.5. The number of carbonyl (C=O) groups is 2. The van der Waals surface area contributed by atoms with E-state index >= 15 is 0 Å².